The van der Waals surface area contributed by atoms with E-state index in [1.807, 2.05) is 24.3 Å². The van der Waals surface area contributed by atoms with Gasteiger partial charge in [-0.05, 0) is 48.9 Å². The summed E-state index contributed by atoms with van der Waals surface area (Å²) in [6, 6.07) is 8.96. The van der Waals surface area contributed by atoms with Gasteiger partial charge in [-0.2, -0.15) is 0 Å². The lowest BCUT2D eigenvalue weighted by Crippen LogP contribution is -2.64. The van der Waals surface area contributed by atoms with Crippen LogP contribution in [-0.2, 0) is 15.0 Å². The second-order valence-corrected chi connectivity index (χ2v) is 11.0. The zero-order valence-corrected chi connectivity index (χ0v) is 21.2. The lowest BCUT2D eigenvalue weighted by atomic mass is 9.87. The van der Waals surface area contributed by atoms with Crippen molar-refractivity contribution in [1.82, 2.24) is 14.8 Å². The predicted octanol–water partition coefficient (Wildman–Crippen LogP) is 3.19. The van der Waals surface area contributed by atoms with Crippen LogP contribution in [0.1, 0.15) is 57.7 Å². The molecule has 9 nitrogen and oxygen atoms in total. The summed E-state index contributed by atoms with van der Waals surface area (Å²) in [6.45, 7) is 8.50. The second kappa shape index (κ2) is 9.54. The van der Waals surface area contributed by atoms with Crippen molar-refractivity contribution in [2.24, 2.45) is 0 Å². The van der Waals surface area contributed by atoms with Crippen molar-refractivity contribution in [3.8, 4) is 0 Å². The number of carbonyl (C=O) groups is 3. The zero-order chi connectivity index (χ0) is 26.3. The number of hydrogen-bond acceptors (Lipinski definition) is 5. The molecule has 3 amide bonds. The molecule has 2 N–H and O–H groups in total. The third-order valence-electron chi connectivity index (χ3n) is 6.90. The highest BCUT2D eigenvalue weighted by Gasteiger charge is 2.47. The van der Waals surface area contributed by atoms with Crippen LogP contribution >= 0.6 is 0 Å². The van der Waals surface area contributed by atoms with Gasteiger partial charge in [-0.3, -0.25) is 24.4 Å². The van der Waals surface area contributed by atoms with Gasteiger partial charge in [0.05, 0.1) is 18.7 Å². The molecule has 0 aliphatic carbocycles. The molecule has 2 aromatic rings. The zero-order valence-electron chi connectivity index (χ0n) is 21.2. The molecule has 192 valence electrons. The SMILES string of the molecule is CC1(O)CN(C(=O)C(c2cccnc2)N(C(=O)[C@H]2CCCN2C(=O)O)c2ccc(C(C)(C)C)cc2)C1. The Bertz CT molecular complexity index is 1120. The average Bonchev–Trinajstić information content (AvgIpc) is 3.31. The summed E-state index contributed by atoms with van der Waals surface area (Å²) in [4.78, 5) is 48.1. The quantitative estimate of drug-likeness (QED) is 0.660. The lowest BCUT2D eigenvalue weighted by Gasteiger charge is -2.47. The van der Waals surface area contributed by atoms with Crippen LogP contribution < -0.4 is 4.90 Å². The van der Waals surface area contributed by atoms with E-state index in [1.54, 1.807) is 31.5 Å². The number of aromatic nitrogens is 1. The maximum Gasteiger partial charge on any atom is 0.407 e. The Morgan fingerprint density at radius 2 is 1.81 bits per heavy atom. The third-order valence-corrected chi connectivity index (χ3v) is 6.90. The van der Waals surface area contributed by atoms with Crippen molar-refractivity contribution < 1.29 is 24.6 Å². The summed E-state index contributed by atoms with van der Waals surface area (Å²) < 4.78 is 0. The number of carbonyl (C=O) groups excluding carboxylic acids is 2. The minimum Gasteiger partial charge on any atom is -0.465 e. The van der Waals surface area contributed by atoms with E-state index >= 15 is 0 Å². The van der Waals surface area contributed by atoms with Crippen LogP contribution in [0.15, 0.2) is 48.8 Å². The van der Waals surface area contributed by atoms with E-state index < -0.39 is 29.7 Å². The molecule has 0 bridgehead atoms. The predicted molar refractivity (Wildman–Crippen MR) is 135 cm³/mol. The first-order valence-corrected chi connectivity index (χ1v) is 12.2. The van der Waals surface area contributed by atoms with Gasteiger partial charge < -0.3 is 15.1 Å². The molecule has 36 heavy (non-hydrogen) atoms. The third kappa shape index (κ3) is 5.06. The smallest absolute Gasteiger partial charge is 0.407 e. The van der Waals surface area contributed by atoms with Crippen molar-refractivity contribution in [2.75, 3.05) is 24.5 Å². The van der Waals surface area contributed by atoms with E-state index in [0.717, 1.165) is 10.5 Å². The summed E-state index contributed by atoms with van der Waals surface area (Å²) >= 11 is 0. The normalized spacial score (nSPS) is 20.0. The number of β-amino-alcohol motifs (C(OH)–C–C–N with tert-alkyl or cyclic N) is 1. The molecule has 2 aliphatic heterocycles. The number of anilines is 1. The second-order valence-electron chi connectivity index (χ2n) is 11.0. The van der Waals surface area contributed by atoms with E-state index in [9.17, 15) is 24.6 Å². The average molecular weight is 495 g/mol. The van der Waals surface area contributed by atoms with Gasteiger partial charge in [0, 0.05) is 30.2 Å². The van der Waals surface area contributed by atoms with Gasteiger partial charge in [-0.1, -0.05) is 39.0 Å². The Morgan fingerprint density at radius 3 is 2.33 bits per heavy atom. The largest absolute Gasteiger partial charge is 0.465 e. The van der Waals surface area contributed by atoms with E-state index in [1.165, 1.54) is 9.80 Å². The van der Waals surface area contributed by atoms with Crippen molar-refractivity contribution in [3.63, 3.8) is 0 Å². The molecule has 2 saturated heterocycles. The van der Waals surface area contributed by atoms with Gasteiger partial charge in [0.1, 0.15) is 12.1 Å². The first-order valence-electron chi connectivity index (χ1n) is 12.2. The number of nitrogens with zero attached hydrogens (tertiary/aromatic N) is 4. The monoisotopic (exact) mass is 494 g/mol. The van der Waals surface area contributed by atoms with Crippen LogP contribution in [0.5, 0.6) is 0 Å². The number of likely N-dealkylation sites (tertiary alicyclic amines) is 2. The van der Waals surface area contributed by atoms with Crippen molar-refractivity contribution in [2.45, 2.75) is 63.6 Å². The molecule has 2 atom stereocenters. The molecule has 4 rings (SSSR count). The summed E-state index contributed by atoms with van der Waals surface area (Å²) in [7, 11) is 0. The maximum absolute atomic E-state index is 14.1. The number of rotatable bonds is 5. The molecule has 2 fully saturated rings. The van der Waals surface area contributed by atoms with Gasteiger partial charge in [0.25, 0.3) is 11.8 Å². The molecule has 0 saturated carbocycles. The molecule has 2 aliphatic rings. The fourth-order valence-corrected chi connectivity index (χ4v) is 4.98. The minimum absolute atomic E-state index is 0.110. The standard InChI is InChI=1S/C27H34N4O5/c1-26(2,3)19-9-11-20(12-10-19)31(23(32)21-8-6-14-30(21)25(34)35)22(18-7-5-13-28-15-18)24(33)29-16-27(4,36)17-29/h5,7,9-13,15,21-22,36H,6,8,14,16-17H2,1-4H3,(H,34,35)/t21-,22?/m1/s1. The molecule has 1 aromatic heterocycles. The lowest BCUT2D eigenvalue weighted by molar-refractivity contribution is -0.154. The highest BCUT2D eigenvalue weighted by Crippen LogP contribution is 2.35. The number of aliphatic hydroxyl groups is 1. The van der Waals surface area contributed by atoms with Gasteiger partial charge in [-0.15, -0.1) is 0 Å². The van der Waals surface area contributed by atoms with Gasteiger partial charge in [0.2, 0.25) is 0 Å². The maximum atomic E-state index is 14.1. The molecule has 3 heterocycles. The van der Waals surface area contributed by atoms with Gasteiger partial charge in [-0.25, -0.2) is 4.79 Å². The Morgan fingerprint density at radius 1 is 1.14 bits per heavy atom. The van der Waals surface area contributed by atoms with Crippen molar-refractivity contribution >= 4 is 23.6 Å². The molecule has 1 unspecified atom stereocenters. The highest BCUT2D eigenvalue weighted by atomic mass is 16.4. The van der Waals surface area contributed by atoms with Gasteiger partial charge >= 0.3 is 6.09 Å². The Kier molecular flexibility index (Phi) is 6.79. The minimum atomic E-state index is -1.16. The van der Waals surface area contributed by atoms with Crippen LogP contribution in [0.3, 0.4) is 0 Å². The molecular weight excluding hydrogens is 460 g/mol. The fourth-order valence-electron chi connectivity index (χ4n) is 4.98. The van der Waals surface area contributed by atoms with Crippen molar-refractivity contribution in [1.29, 1.82) is 0 Å². The molecular formula is C27H34N4O5. The number of amides is 3. The Labute approximate surface area is 211 Å². The van der Waals surface area contributed by atoms with E-state index in [2.05, 4.69) is 25.8 Å². The Balaban J connectivity index is 1.81. The van der Waals surface area contributed by atoms with Crippen LogP contribution in [0.2, 0.25) is 0 Å². The molecule has 1 aromatic carbocycles. The van der Waals surface area contributed by atoms with Crippen LogP contribution in [0.25, 0.3) is 0 Å². The van der Waals surface area contributed by atoms with E-state index in [-0.39, 0.29) is 31.0 Å². The first kappa shape index (κ1) is 25.6. The van der Waals surface area contributed by atoms with Crippen LogP contribution in [-0.4, -0.2) is 74.2 Å². The highest BCUT2D eigenvalue weighted by molar-refractivity contribution is 6.04. The molecule has 0 radical (unpaired) electrons. The topological polar surface area (TPSA) is 114 Å². The van der Waals surface area contributed by atoms with Crippen molar-refractivity contribution in [3.05, 3.63) is 59.9 Å². The first-order chi connectivity index (χ1) is 16.9. The summed E-state index contributed by atoms with van der Waals surface area (Å²) in [5, 5.41) is 20.0. The molecule has 0 spiro atoms. The van der Waals surface area contributed by atoms with Gasteiger partial charge in [0.15, 0.2) is 0 Å². The van der Waals surface area contributed by atoms with E-state index in [0.29, 0.717) is 24.1 Å². The van der Waals surface area contributed by atoms with Crippen LogP contribution in [0.4, 0.5) is 10.5 Å². The van der Waals surface area contributed by atoms with Crippen LogP contribution in [0, 0.1) is 0 Å². The summed E-state index contributed by atoms with van der Waals surface area (Å²) in [5.41, 5.74) is 0.988. The summed E-state index contributed by atoms with van der Waals surface area (Å²) in [6.07, 6.45) is 2.94. The Hall–Kier alpha value is -3.46. The number of carboxylic acid groups (broad SMARTS) is 1. The number of benzene rings is 1. The number of hydrogen-bond donors (Lipinski definition) is 2. The number of pyridine rings is 1. The molecule has 9 heteroatoms. The van der Waals surface area contributed by atoms with E-state index in [4.69, 9.17) is 0 Å². The fraction of sp³-hybridized carbons (Fsp3) is 0.481. The summed E-state index contributed by atoms with van der Waals surface area (Å²) in [5.74, 6) is -0.796.